The van der Waals surface area contributed by atoms with E-state index in [9.17, 15) is 13.6 Å². The Morgan fingerprint density at radius 3 is 2.57 bits per heavy atom. The van der Waals surface area contributed by atoms with E-state index < -0.39 is 12.2 Å². The van der Waals surface area contributed by atoms with Crippen LogP contribution in [0.5, 0.6) is 0 Å². The van der Waals surface area contributed by atoms with Gasteiger partial charge in [-0.15, -0.1) is 0 Å². The van der Waals surface area contributed by atoms with Crippen LogP contribution in [0.3, 0.4) is 0 Å². The smallest absolute Gasteiger partial charge is 0.264 e. The number of fused-ring (bicyclic) bond motifs is 1. The Balaban J connectivity index is 1.60. The van der Waals surface area contributed by atoms with Crippen molar-refractivity contribution < 1.29 is 13.2 Å². The molecular formula is C26H24F3N5O. The van der Waals surface area contributed by atoms with Gasteiger partial charge in [0.15, 0.2) is 0 Å². The molecule has 2 aromatic carbocycles. The molecule has 2 aromatic heterocycles. The maximum absolute atomic E-state index is 15.2. The molecule has 1 aliphatic heterocycles. The van der Waals surface area contributed by atoms with Gasteiger partial charge in [0.05, 0.1) is 11.9 Å². The number of nitrogens with zero attached hydrogens (tertiary/aromatic N) is 3. The number of nitrogens with one attached hydrogen (secondary N) is 2. The van der Waals surface area contributed by atoms with Crippen molar-refractivity contribution in [3.63, 3.8) is 0 Å². The molecule has 0 aliphatic carbocycles. The number of aryl methyl sites for hydroxylation is 2. The SMILES string of the molecule is Cn1cc(-c2cc(F)c(Nc3cc(-c4ccc(=O)n(C)c4)cc4c3CNCC4)cc2C(F)F)cn1. The van der Waals surface area contributed by atoms with Gasteiger partial charge in [-0.2, -0.15) is 5.10 Å². The molecule has 0 spiro atoms. The second kappa shape index (κ2) is 9.07. The fourth-order valence-corrected chi connectivity index (χ4v) is 4.46. The van der Waals surface area contributed by atoms with Crippen molar-refractivity contribution in [2.45, 2.75) is 19.4 Å². The zero-order chi connectivity index (χ0) is 24.7. The minimum absolute atomic E-state index is 0.0293. The highest BCUT2D eigenvalue weighted by Gasteiger charge is 2.21. The summed E-state index contributed by atoms with van der Waals surface area (Å²) in [5.74, 6) is -0.640. The third-order valence-corrected chi connectivity index (χ3v) is 6.29. The standard InChI is InChI=1S/C26H24F3N5O/c1-33-13-16(3-4-25(33)35)17-7-15-5-6-30-12-21(15)23(8-17)32-24-10-20(26(28)29)19(9-22(24)27)18-11-31-34(2)14-18/h3-4,7-11,13-14,26,30,32H,5-6,12H2,1-2H3. The topological polar surface area (TPSA) is 63.9 Å². The Labute approximate surface area is 200 Å². The summed E-state index contributed by atoms with van der Waals surface area (Å²) in [4.78, 5) is 11.8. The minimum Gasteiger partial charge on any atom is -0.353 e. The Bertz CT molecular complexity index is 1470. The lowest BCUT2D eigenvalue weighted by Gasteiger charge is -2.23. The summed E-state index contributed by atoms with van der Waals surface area (Å²) in [5, 5.41) is 10.4. The maximum atomic E-state index is 15.2. The Kier molecular flexibility index (Phi) is 5.94. The third kappa shape index (κ3) is 4.46. The van der Waals surface area contributed by atoms with Crippen LogP contribution in [0.2, 0.25) is 0 Å². The number of hydrogen-bond acceptors (Lipinski definition) is 4. The van der Waals surface area contributed by atoms with Crippen molar-refractivity contribution in [1.82, 2.24) is 19.7 Å². The van der Waals surface area contributed by atoms with Gasteiger partial charge in [-0.25, -0.2) is 13.2 Å². The van der Waals surface area contributed by atoms with E-state index in [-0.39, 0.29) is 22.4 Å². The van der Waals surface area contributed by atoms with Crippen molar-refractivity contribution in [1.29, 1.82) is 0 Å². The van der Waals surface area contributed by atoms with Gasteiger partial charge >= 0.3 is 0 Å². The third-order valence-electron chi connectivity index (χ3n) is 6.29. The Hall–Kier alpha value is -3.85. The van der Waals surface area contributed by atoms with Crippen LogP contribution >= 0.6 is 0 Å². The summed E-state index contributed by atoms with van der Waals surface area (Å²) >= 11 is 0. The summed E-state index contributed by atoms with van der Waals surface area (Å²) in [5.41, 5.74) is 4.46. The van der Waals surface area contributed by atoms with Crippen LogP contribution in [-0.4, -0.2) is 20.9 Å². The van der Waals surface area contributed by atoms with Gasteiger partial charge in [-0.3, -0.25) is 9.48 Å². The number of alkyl halides is 2. The van der Waals surface area contributed by atoms with Crippen molar-refractivity contribution >= 4 is 11.4 Å². The molecular weight excluding hydrogens is 455 g/mol. The molecule has 0 saturated carbocycles. The van der Waals surface area contributed by atoms with E-state index in [1.54, 1.807) is 32.6 Å². The summed E-state index contributed by atoms with van der Waals surface area (Å²) in [6.07, 6.45) is 2.74. The summed E-state index contributed by atoms with van der Waals surface area (Å²) < 4.78 is 46.2. The predicted octanol–water partition coefficient (Wildman–Crippen LogP) is 4.92. The first kappa shape index (κ1) is 22.9. The van der Waals surface area contributed by atoms with Crippen LogP contribution in [0, 0.1) is 5.82 Å². The van der Waals surface area contributed by atoms with Gasteiger partial charge in [0.2, 0.25) is 5.56 Å². The molecule has 0 fully saturated rings. The molecule has 3 heterocycles. The Morgan fingerprint density at radius 2 is 1.86 bits per heavy atom. The van der Waals surface area contributed by atoms with Crippen molar-refractivity contribution in [3.8, 4) is 22.3 Å². The van der Waals surface area contributed by atoms with Gasteiger partial charge in [0, 0.05) is 55.9 Å². The number of hydrogen-bond donors (Lipinski definition) is 2. The van der Waals surface area contributed by atoms with Crippen molar-refractivity contribution in [2.24, 2.45) is 14.1 Å². The largest absolute Gasteiger partial charge is 0.353 e. The molecule has 4 aromatic rings. The number of anilines is 2. The fourth-order valence-electron chi connectivity index (χ4n) is 4.46. The molecule has 1 aliphatic rings. The monoisotopic (exact) mass is 479 g/mol. The first-order valence-electron chi connectivity index (χ1n) is 11.2. The average molecular weight is 480 g/mol. The van der Waals surface area contributed by atoms with Crippen LogP contribution in [-0.2, 0) is 27.1 Å². The molecule has 6 nitrogen and oxygen atoms in total. The van der Waals surface area contributed by atoms with E-state index in [0.29, 0.717) is 17.8 Å². The molecule has 0 unspecified atom stereocenters. The highest BCUT2D eigenvalue weighted by atomic mass is 19.3. The van der Waals surface area contributed by atoms with E-state index in [1.807, 2.05) is 6.07 Å². The summed E-state index contributed by atoms with van der Waals surface area (Å²) in [6, 6.07) is 9.46. The van der Waals surface area contributed by atoms with Gasteiger partial charge in [0.25, 0.3) is 6.43 Å². The van der Waals surface area contributed by atoms with Crippen molar-refractivity contribution in [3.05, 3.63) is 87.9 Å². The summed E-state index contributed by atoms with van der Waals surface area (Å²) in [7, 11) is 3.35. The Morgan fingerprint density at radius 1 is 1.03 bits per heavy atom. The highest BCUT2D eigenvalue weighted by Crippen LogP contribution is 2.38. The maximum Gasteiger partial charge on any atom is 0.264 e. The van der Waals surface area contributed by atoms with Gasteiger partial charge < -0.3 is 15.2 Å². The van der Waals surface area contributed by atoms with E-state index in [1.165, 1.54) is 27.6 Å². The first-order chi connectivity index (χ1) is 16.8. The van der Waals surface area contributed by atoms with Crippen LogP contribution in [0.1, 0.15) is 23.1 Å². The second-order valence-corrected chi connectivity index (χ2v) is 8.70. The molecule has 35 heavy (non-hydrogen) atoms. The molecule has 0 saturated heterocycles. The van der Waals surface area contributed by atoms with Gasteiger partial charge in [0.1, 0.15) is 5.82 Å². The predicted molar refractivity (Wildman–Crippen MR) is 129 cm³/mol. The minimum atomic E-state index is -2.79. The average Bonchev–Trinajstić information content (AvgIpc) is 3.27. The molecule has 180 valence electrons. The number of aromatic nitrogens is 3. The lowest BCUT2D eigenvalue weighted by molar-refractivity contribution is 0.152. The lowest BCUT2D eigenvalue weighted by Crippen LogP contribution is -2.24. The number of rotatable bonds is 5. The van der Waals surface area contributed by atoms with E-state index in [4.69, 9.17) is 0 Å². The van der Waals surface area contributed by atoms with Crippen LogP contribution in [0.4, 0.5) is 24.5 Å². The summed E-state index contributed by atoms with van der Waals surface area (Å²) in [6.45, 7) is 1.37. The van der Waals surface area contributed by atoms with Crippen LogP contribution in [0.15, 0.2) is 59.8 Å². The quantitative estimate of drug-likeness (QED) is 0.427. The first-order valence-corrected chi connectivity index (χ1v) is 11.2. The zero-order valence-corrected chi connectivity index (χ0v) is 19.3. The molecule has 0 amide bonds. The molecule has 5 rings (SSSR count). The molecule has 2 N–H and O–H groups in total. The van der Waals surface area contributed by atoms with Crippen LogP contribution in [0.25, 0.3) is 22.3 Å². The number of benzene rings is 2. The molecule has 0 bridgehead atoms. The normalized spacial score (nSPS) is 13.2. The van der Waals surface area contributed by atoms with Crippen LogP contribution < -0.4 is 16.2 Å². The molecule has 0 atom stereocenters. The number of pyridine rings is 1. The molecule has 0 radical (unpaired) electrons. The van der Waals surface area contributed by atoms with Gasteiger partial charge in [-0.05, 0) is 65.0 Å². The van der Waals surface area contributed by atoms with E-state index >= 15 is 4.39 Å². The fraction of sp³-hybridized carbons (Fsp3) is 0.231. The molecule has 9 heteroatoms. The van der Waals surface area contributed by atoms with Gasteiger partial charge in [-0.1, -0.05) is 6.07 Å². The second-order valence-electron chi connectivity index (χ2n) is 8.70. The number of halogens is 3. The van der Waals surface area contributed by atoms with E-state index in [0.717, 1.165) is 41.3 Å². The van der Waals surface area contributed by atoms with Crippen molar-refractivity contribution in [2.75, 3.05) is 11.9 Å². The lowest BCUT2D eigenvalue weighted by atomic mass is 9.93. The van der Waals surface area contributed by atoms with E-state index in [2.05, 4.69) is 21.8 Å². The zero-order valence-electron chi connectivity index (χ0n) is 19.3. The highest BCUT2D eigenvalue weighted by molar-refractivity contribution is 5.77.